The number of thioether (sulfide) groups is 1. The Kier molecular flexibility index (Phi) is 5.41. The number of hydrogen-bond acceptors (Lipinski definition) is 6. The monoisotopic (exact) mass is 420 g/mol. The summed E-state index contributed by atoms with van der Waals surface area (Å²) in [5.41, 5.74) is 3.17. The maximum absolute atomic E-state index is 12.5. The van der Waals surface area contributed by atoms with Gasteiger partial charge in [0, 0.05) is 6.42 Å². The van der Waals surface area contributed by atoms with Gasteiger partial charge < -0.3 is 9.47 Å². The first-order chi connectivity index (χ1) is 14.5. The zero-order valence-electron chi connectivity index (χ0n) is 16.8. The summed E-state index contributed by atoms with van der Waals surface area (Å²) in [5.74, 6) is 0.893. The maximum Gasteiger partial charge on any atom is 0.283 e. The summed E-state index contributed by atoms with van der Waals surface area (Å²) in [7, 11) is 3.18. The van der Waals surface area contributed by atoms with E-state index < -0.39 is 5.91 Å². The quantitative estimate of drug-likeness (QED) is 0.742. The van der Waals surface area contributed by atoms with E-state index in [2.05, 4.69) is 10.1 Å². The Labute approximate surface area is 178 Å². The molecule has 0 aromatic heterocycles. The highest BCUT2D eigenvalue weighted by atomic mass is 32.2. The van der Waals surface area contributed by atoms with Gasteiger partial charge in [-0.25, -0.2) is 0 Å². The molecule has 2 aliphatic heterocycles. The van der Waals surface area contributed by atoms with Crippen LogP contribution in [0.1, 0.15) is 16.7 Å². The second-order valence-corrected chi connectivity index (χ2v) is 7.83. The Hall–Kier alpha value is -3.39. The van der Waals surface area contributed by atoms with Gasteiger partial charge in [-0.1, -0.05) is 35.9 Å². The van der Waals surface area contributed by atoms with Crippen LogP contribution in [0.3, 0.4) is 0 Å². The lowest BCUT2D eigenvalue weighted by molar-refractivity contribution is -0.114. The molecule has 2 aromatic rings. The van der Waals surface area contributed by atoms with Gasteiger partial charge in [0.2, 0.25) is 5.17 Å². The molecular weight excluding hydrogens is 400 g/mol. The predicted octanol–water partition coefficient (Wildman–Crippen LogP) is 3.87. The third-order valence-electron chi connectivity index (χ3n) is 4.69. The lowest BCUT2D eigenvalue weighted by Gasteiger charge is -2.20. The molecule has 0 spiro atoms. The Bertz CT molecular complexity index is 1120. The molecule has 2 aliphatic rings. The van der Waals surface area contributed by atoms with Crippen molar-refractivity contribution < 1.29 is 14.3 Å². The van der Waals surface area contributed by atoms with Crippen molar-refractivity contribution >= 4 is 39.8 Å². The van der Waals surface area contributed by atoms with Gasteiger partial charge in [0.05, 0.1) is 19.8 Å². The summed E-state index contributed by atoms with van der Waals surface area (Å²) in [6.07, 6.45) is 2.20. The number of amides is 1. The van der Waals surface area contributed by atoms with Crippen molar-refractivity contribution in [3.8, 4) is 11.5 Å². The number of nitrogens with zero attached hydrogens (tertiary/aromatic N) is 3. The topological polar surface area (TPSA) is 87.3 Å². The molecule has 7 nitrogen and oxygen atoms in total. The van der Waals surface area contributed by atoms with Crippen molar-refractivity contribution in [2.24, 2.45) is 10.1 Å². The number of carbonyl (C=O) groups excluding carboxylic acids is 1. The lowest BCUT2D eigenvalue weighted by atomic mass is 10.1. The van der Waals surface area contributed by atoms with Crippen molar-refractivity contribution in [1.82, 2.24) is 5.01 Å². The average molecular weight is 420 g/mol. The van der Waals surface area contributed by atoms with E-state index in [9.17, 15) is 4.79 Å². The summed E-state index contributed by atoms with van der Waals surface area (Å²) in [6.45, 7) is 2.00. The van der Waals surface area contributed by atoms with Crippen molar-refractivity contribution in [2.75, 3.05) is 14.2 Å². The third-order valence-corrected chi connectivity index (χ3v) is 5.60. The van der Waals surface area contributed by atoms with E-state index in [0.29, 0.717) is 23.1 Å². The second-order valence-electron chi connectivity index (χ2n) is 6.79. The highest BCUT2D eigenvalue weighted by Gasteiger charge is 2.35. The van der Waals surface area contributed by atoms with Crippen LogP contribution in [-0.4, -0.2) is 41.2 Å². The molecule has 30 heavy (non-hydrogen) atoms. The molecule has 0 saturated carbocycles. The van der Waals surface area contributed by atoms with Gasteiger partial charge in [0.1, 0.15) is 5.04 Å². The van der Waals surface area contributed by atoms with Crippen LogP contribution in [0.25, 0.3) is 6.08 Å². The second kappa shape index (κ2) is 8.16. The minimum absolute atomic E-state index is 0.0281. The van der Waals surface area contributed by atoms with Crippen molar-refractivity contribution in [3.05, 3.63) is 64.7 Å². The summed E-state index contributed by atoms with van der Waals surface area (Å²) in [6, 6.07) is 13.4. The number of aliphatic imine (C=N–C) groups is 1. The lowest BCUT2D eigenvalue weighted by Crippen LogP contribution is -2.35. The third kappa shape index (κ3) is 3.86. The van der Waals surface area contributed by atoms with Gasteiger partial charge >= 0.3 is 0 Å². The van der Waals surface area contributed by atoms with Gasteiger partial charge in [-0.05, 0) is 48.0 Å². The molecule has 8 heteroatoms. The number of aryl methyl sites for hydroxylation is 1. The molecule has 0 radical (unpaired) electrons. The fourth-order valence-corrected chi connectivity index (χ4v) is 4.02. The predicted molar refractivity (Wildman–Crippen MR) is 119 cm³/mol. The van der Waals surface area contributed by atoms with Crippen LogP contribution < -0.4 is 9.47 Å². The molecule has 2 aromatic carbocycles. The van der Waals surface area contributed by atoms with Gasteiger partial charge in [0.25, 0.3) is 5.91 Å². The molecule has 0 atom stereocenters. The Morgan fingerprint density at radius 2 is 1.83 bits per heavy atom. The van der Waals surface area contributed by atoms with E-state index in [4.69, 9.17) is 14.9 Å². The minimum atomic E-state index is -0.429. The molecule has 0 unspecified atom stereocenters. The van der Waals surface area contributed by atoms with E-state index >= 15 is 0 Å². The molecular formula is C22H20N4O3S. The number of rotatable bonds is 5. The van der Waals surface area contributed by atoms with E-state index in [-0.39, 0.29) is 11.4 Å². The SMILES string of the molecule is COc1ccc(CC2=NN3C(=N)/C(=C\c4ccc(C)cc4)C(=O)N=C3S2)cc1OC. The van der Waals surface area contributed by atoms with Gasteiger partial charge in [-0.15, -0.1) is 0 Å². The van der Waals surface area contributed by atoms with Crippen LogP contribution in [0.4, 0.5) is 0 Å². The fourth-order valence-electron chi connectivity index (χ4n) is 3.10. The number of nitrogens with one attached hydrogen (secondary N) is 1. The zero-order chi connectivity index (χ0) is 21.3. The number of fused-ring (bicyclic) bond motifs is 1. The zero-order valence-corrected chi connectivity index (χ0v) is 17.6. The Balaban J connectivity index is 1.57. The molecule has 1 amide bonds. The van der Waals surface area contributed by atoms with Gasteiger partial charge in [-0.2, -0.15) is 15.1 Å². The average Bonchev–Trinajstić information content (AvgIpc) is 3.14. The van der Waals surface area contributed by atoms with Crippen molar-refractivity contribution in [1.29, 1.82) is 5.41 Å². The van der Waals surface area contributed by atoms with E-state index in [1.54, 1.807) is 20.3 Å². The van der Waals surface area contributed by atoms with Crippen LogP contribution in [0.5, 0.6) is 11.5 Å². The van der Waals surface area contributed by atoms with Gasteiger partial charge in [-0.3, -0.25) is 10.2 Å². The molecule has 0 fully saturated rings. The smallest absolute Gasteiger partial charge is 0.283 e. The standard InChI is InChI=1S/C22H20N4O3S/c1-13-4-6-14(7-5-13)10-16-20(23)26-22(24-21(16)27)30-19(25-26)12-15-8-9-17(28-2)18(11-15)29-3/h4-11,23H,12H2,1-3H3/b16-10+,23-20?. The van der Waals surface area contributed by atoms with Crippen molar-refractivity contribution in [2.45, 2.75) is 13.3 Å². The highest BCUT2D eigenvalue weighted by molar-refractivity contribution is 8.26. The number of ether oxygens (including phenoxy) is 2. The summed E-state index contributed by atoms with van der Waals surface area (Å²) in [5, 5.41) is 15.6. The number of benzene rings is 2. The number of carbonyl (C=O) groups is 1. The first kappa shape index (κ1) is 19.9. The summed E-state index contributed by atoms with van der Waals surface area (Å²) >= 11 is 1.30. The number of amidine groups is 2. The van der Waals surface area contributed by atoms with E-state index in [1.165, 1.54) is 16.8 Å². The van der Waals surface area contributed by atoms with Crippen LogP contribution in [0, 0.1) is 12.3 Å². The maximum atomic E-state index is 12.5. The Morgan fingerprint density at radius 3 is 2.53 bits per heavy atom. The summed E-state index contributed by atoms with van der Waals surface area (Å²) < 4.78 is 10.6. The summed E-state index contributed by atoms with van der Waals surface area (Å²) in [4.78, 5) is 16.7. The fraction of sp³-hybridized carbons (Fsp3) is 0.182. The van der Waals surface area contributed by atoms with Crippen LogP contribution in [-0.2, 0) is 11.2 Å². The largest absolute Gasteiger partial charge is 0.493 e. The van der Waals surface area contributed by atoms with Gasteiger partial charge in [0.15, 0.2) is 17.3 Å². The first-order valence-corrected chi connectivity index (χ1v) is 10.1. The van der Waals surface area contributed by atoms with E-state index in [1.807, 2.05) is 49.4 Å². The molecule has 4 rings (SSSR count). The molecule has 0 bridgehead atoms. The molecule has 2 heterocycles. The normalized spacial score (nSPS) is 17.0. The minimum Gasteiger partial charge on any atom is -0.493 e. The van der Waals surface area contributed by atoms with Crippen LogP contribution in [0.15, 0.2) is 58.1 Å². The molecule has 0 saturated heterocycles. The highest BCUT2D eigenvalue weighted by Crippen LogP contribution is 2.32. The molecule has 152 valence electrons. The number of methoxy groups -OCH3 is 2. The molecule has 0 aliphatic carbocycles. The van der Waals surface area contributed by atoms with E-state index in [0.717, 1.165) is 21.7 Å². The number of hydrazone groups is 1. The number of hydrogen-bond donors (Lipinski definition) is 1. The first-order valence-electron chi connectivity index (χ1n) is 9.25. The van der Waals surface area contributed by atoms with Crippen LogP contribution in [0.2, 0.25) is 0 Å². The molecule has 1 N–H and O–H groups in total. The van der Waals surface area contributed by atoms with Crippen LogP contribution >= 0.6 is 11.8 Å². The Morgan fingerprint density at radius 1 is 1.10 bits per heavy atom. The van der Waals surface area contributed by atoms with Crippen molar-refractivity contribution in [3.63, 3.8) is 0 Å².